The van der Waals surface area contributed by atoms with Gasteiger partial charge in [0, 0.05) is 62.2 Å². The molecule has 0 saturated carbocycles. The van der Waals surface area contributed by atoms with Crippen molar-refractivity contribution in [2.45, 2.75) is 37.8 Å². The second-order valence-corrected chi connectivity index (χ2v) is 11.1. The Morgan fingerprint density at radius 1 is 1.09 bits per heavy atom. The largest absolute Gasteiger partial charge is 0.368 e. The number of hydrogen-bond donors (Lipinski definition) is 0. The highest BCUT2D eigenvalue weighted by Crippen LogP contribution is 2.26. The minimum atomic E-state index is -3.71. The Balaban J connectivity index is 1.38. The van der Waals surface area contributed by atoms with Crippen LogP contribution in [0.1, 0.15) is 32.7 Å². The summed E-state index contributed by atoms with van der Waals surface area (Å²) < 4.78 is 29.4. The van der Waals surface area contributed by atoms with E-state index in [-0.39, 0.29) is 29.4 Å². The van der Waals surface area contributed by atoms with Gasteiger partial charge < -0.3 is 14.4 Å². The average molecular weight is 480 g/mol. The van der Waals surface area contributed by atoms with Gasteiger partial charge in [0.1, 0.15) is 0 Å². The highest BCUT2D eigenvalue weighted by Gasteiger charge is 2.36. The molecule has 0 N–H and O–H groups in total. The standard InChI is InChI=1S/C22H30ClN5O3S/c1-17(2)27-15-21(24-16-27)32(30,31)28-9-3-4-18(14-28)22(29)26-12-10-25(11-13-26)20-7-5-19(23)6-8-20/h5-8,15-18H,3-4,9-14H2,1-2H3. The van der Waals surface area contributed by atoms with Gasteiger partial charge in [0.25, 0.3) is 10.0 Å². The van der Waals surface area contributed by atoms with Gasteiger partial charge in [-0.05, 0) is 51.0 Å². The van der Waals surface area contributed by atoms with Crippen molar-refractivity contribution in [1.82, 2.24) is 18.8 Å². The number of piperidine rings is 1. The van der Waals surface area contributed by atoms with Crippen LogP contribution in [-0.4, -0.2) is 72.3 Å². The molecule has 2 aromatic rings. The number of amides is 1. The van der Waals surface area contributed by atoms with Gasteiger partial charge in [0.05, 0.1) is 12.2 Å². The molecule has 32 heavy (non-hydrogen) atoms. The van der Waals surface area contributed by atoms with E-state index in [0.717, 1.165) is 18.8 Å². The van der Waals surface area contributed by atoms with Gasteiger partial charge in [0.15, 0.2) is 5.03 Å². The minimum Gasteiger partial charge on any atom is -0.368 e. The molecule has 1 amide bonds. The van der Waals surface area contributed by atoms with Crippen molar-refractivity contribution < 1.29 is 13.2 Å². The Bertz CT molecular complexity index is 1050. The fourth-order valence-corrected chi connectivity index (χ4v) is 5.89. The first kappa shape index (κ1) is 23.1. The van der Waals surface area contributed by atoms with Crippen LogP contribution in [-0.2, 0) is 14.8 Å². The van der Waals surface area contributed by atoms with Crippen molar-refractivity contribution in [3.05, 3.63) is 41.8 Å². The molecule has 4 rings (SSSR count). The van der Waals surface area contributed by atoms with Gasteiger partial charge in [-0.2, -0.15) is 4.31 Å². The Morgan fingerprint density at radius 3 is 2.41 bits per heavy atom. The van der Waals surface area contributed by atoms with Crippen LogP contribution in [0.2, 0.25) is 5.02 Å². The number of anilines is 1. The Labute approximate surface area is 194 Å². The highest BCUT2D eigenvalue weighted by molar-refractivity contribution is 7.89. The number of hydrogen-bond acceptors (Lipinski definition) is 5. The molecule has 1 unspecified atom stereocenters. The second kappa shape index (κ2) is 9.41. The summed E-state index contributed by atoms with van der Waals surface area (Å²) in [4.78, 5) is 21.4. The quantitative estimate of drug-likeness (QED) is 0.658. The number of carbonyl (C=O) groups excluding carboxylic acids is 1. The summed E-state index contributed by atoms with van der Waals surface area (Å²) in [7, 11) is -3.71. The molecule has 2 aliphatic heterocycles. The van der Waals surface area contributed by atoms with Gasteiger partial charge in [0.2, 0.25) is 5.91 Å². The molecule has 0 bridgehead atoms. The minimum absolute atomic E-state index is 0.0494. The van der Waals surface area contributed by atoms with E-state index in [0.29, 0.717) is 37.5 Å². The van der Waals surface area contributed by atoms with Crippen LogP contribution >= 0.6 is 11.6 Å². The zero-order valence-corrected chi connectivity index (χ0v) is 20.1. The van der Waals surface area contributed by atoms with Crippen molar-refractivity contribution in [1.29, 1.82) is 0 Å². The summed E-state index contributed by atoms with van der Waals surface area (Å²) in [5.74, 6) is -0.263. The maximum Gasteiger partial charge on any atom is 0.262 e. The van der Waals surface area contributed by atoms with Gasteiger partial charge in [-0.3, -0.25) is 4.79 Å². The van der Waals surface area contributed by atoms with E-state index in [1.165, 1.54) is 4.31 Å². The van der Waals surface area contributed by atoms with Crippen molar-refractivity contribution in [2.75, 3.05) is 44.2 Å². The van der Waals surface area contributed by atoms with Gasteiger partial charge in [-0.15, -0.1) is 0 Å². The third-order valence-electron chi connectivity index (χ3n) is 6.29. The number of nitrogens with zero attached hydrogens (tertiary/aromatic N) is 5. The van der Waals surface area contributed by atoms with Crippen molar-refractivity contribution in [3.63, 3.8) is 0 Å². The first-order valence-electron chi connectivity index (χ1n) is 11.1. The molecule has 3 heterocycles. The van der Waals surface area contributed by atoms with E-state index in [1.54, 1.807) is 17.1 Å². The van der Waals surface area contributed by atoms with Crippen molar-refractivity contribution >= 4 is 33.2 Å². The average Bonchev–Trinajstić information content (AvgIpc) is 3.31. The van der Waals surface area contributed by atoms with Crippen LogP contribution < -0.4 is 4.90 Å². The number of piperazine rings is 1. The molecule has 0 spiro atoms. The summed E-state index contributed by atoms with van der Waals surface area (Å²) in [6.45, 7) is 7.33. The van der Waals surface area contributed by atoms with Crippen molar-refractivity contribution in [2.24, 2.45) is 5.92 Å². The number of sulfonamides is 1. The molecular weight excluding hydrogens is 450 g/mol. The van der Waals surface area contributed by atoms with E-state index >= 15 is 0 Å². The zero-order chi connectivity index (χ0) is 22.9. The highest BCUT2D eigenvalue weighted by atomic mass is 35.5. The van der Waals surface area contributed by atoms with E-state index in [9.17, 15) is 13.2 Å². The molecule has 2 fully saturated rings. The third-order valence-corrected chi connectivity index (χ3v) is 8.30. The van der Waals surface area contributed by atoms with E-state index < -0.39 is 10.0 Å². The molecule has 0 radical (unpaired) electrons. The van der Waals surface area contributed by atoms with Crippen LogP contribution in [0.3, 0.4) is 0 Å². The predicted molar refractivity (Wildman–Crippen MR) is 124 cm³/mol. The molecular formula is C22H30ClN5O3S. The van der Waals surface area contributed by atoms with Crippen LogP contribution in [0.15, 0.2) is 41.8 Å². The Morgan fingerprint density at radius 2 is 1.78 bits per heavy atom. The maximum absolute atomic E-state index is 13.2. The number of rotatable bonds is 5. The normalized spacial score (nSPS) is 20.7. The van der Waals surface area contributed by atoms with E-state index in [2.05, 4.69) is 9.88 Å². The van der Waals surface area contributed by atoms with E-state index in [1.807, 2.05) is 43.0 Å². The lowest BCUT2D eigenvalue weighted by Crippen LogP contribution is -2.53. The molecule has 2 saturated heterocycles. The lowest BCUT2D eigenvalue weighted by molar-refractivity contribution is -0.137. The first-order chi connectivity index (χ1) is 15.3. The molecule has 8 nitrogen and oxygen atoms in total. The maximum atomic E-state index is 13.2. The zero-order valence-electron chi connectivity index (χ0n) is 18.5. The van der Waals surface area contributed by atoms with Crippen LogP contribution in [0, 0.1) is 5.92 Å². The second-order valence-electron chi connectivity index (χ2n) is 8.74. The number of carbonyl (C=O) groups is 1. The topological polar surface area (TPSA) is 78.8 Å². The summed E-state index contributed by atoms with van der Waals surface area (Å²) in [5.41, 5.74) is 1.09. The van der Waals surface area contributed by atoms with Crippen LogP contribution in [0.4, 0.5) is 5.69 Å². The van der Waals surface area contributed by atoms with Crippen molar-refractivity contribution in [3.8, 4) is 0 Å². The summed E-state index contributed by atoms with van der Waals surface area (Å²) in [5, 5.41) is 0.756. The molecule has 0 aliphatic carbocycles. The smallest absolute Gasteiger partial charge is 0.262 e. The third kappa shape index (κ3) is 4.79. The SMILES string of the molecule is CC(C)n1cnc(S(=O)(=O)N2CCCC(C(=O)N3CCN(c4ccc(Cl)cc4)CC3)C2)c1. The predicted octanol–water partition coefficient (Wildman–Crippen LogP) is 2.87. The number of imidazole rings is 1. The summed E-state index contributed by atoms with van der Waals surface area (Å²) >= 11 is 5.98. The van der Waals surface area contributed by atoms with Gasteiger partial charge in [-0.1, -0.05) is 11.6 Å². The monoisotopic (exact) mass is 479 g/mol. The molecule has 174 valence electrons. The van der Waals surface area contributed by atoms with Gasteiger partial charge >= 0.3 is 0 Å². The Kier molecular flexibility index (Phi) is 6.78. The van der Waals surface area contributed by atoms with Gasteiger partial charge in [-0.25, -0.2) is 13.4 Å². The molecule has 2 aliphatic rings. The number of benzene rings is 1. The fraction of sp³-hybridized carbons (Fsp3) is 0.545. The summed E-state index contributed by atoms with van der Waals surface area (Å²) in [6.07, 6.45) is 4.50. The fourth-order valence-electron chi connectivity index (χ4n) is 4.32. The Hall–Kier alpha value is -2.10. The van der Waals surface area contributed by atoms with Crippen LogP contribution in [0.25, 0.3) is 0 Å². The first-order valence-corrected chi connectivity index (χ1v) is 12.9. The molecule has 1 aromatic carbocycles. The van der Waals surface area contributed by atoms with E-state index in [4.69, 9.17) is 11.6 Å². The summed E-state index contributed by atoms with van der Waals surface area (Å²) in [6, 6.07) is 7.86. The van der Waals surface area contributed by atoms with Crippen LogP contribution in [0.5, 0.6) is 0 Å². The number of aromatic nitrogens is 2. The molecule has 1 atom stereocenters. The molecule has 1 aromatic heterocycles. The lowest BCUT2D eigenvalue weighted by Gasteiger charge is -2.39. The molecule has 10 heteroatoms. The number of halogens is 1. The lowest BCUT2D eigenvalue weighted by atomic mass is 9.97.